The van der Waals surface area contributed by atoms with Gasteiger partial charge in [0.25, 0.3) is 0 Å². The molecule has 7 nitrogen and oxygen atoms in total. The number of aryl methyl sites for hydroxylation is 2. The molecular weight excluding hydrogens is 376 g/mol. The Hall–Kier alpha value is -3.45. The molecule has 0 aliphatic rings. The summed E-state index contributed by atoms with van der Waals surface area (Å²) in [6.45, 7) is 7.36. The monoisotopic (exact) mass is 402 g/mol. The van der Waals surface area contributed by atoms with Gasteiger partial charge in [-0.05, 0) is 56.2 Å². The predicted octanol–water partition coefficient (Wildman–Crippen LogP) is 3.99. The van der Waals surface area contributed by atoms with Crippen LogP contribution in [0.4, 0.5) is 17.5 Å². The molecule has 0 atom stereocenters. The normalized spacial score (nSPS) is 11.1. The molecule has 0 aliphatic heterocycles. The van der Waals surface area contributed by atoms with Crippen LogP contribution in [0.15, 0.2) is 54.7 Å². The number of rotatable bonds is 7. The number of aromatic nitrogens is 4. The van der Waals surface area contributed by atoms with Crippen LogP contribution in [0.3, 0.4) is 0 Å². The summed E-state index contributed by atoms with van der Waals surface area (Å²) in [4.78, 5) is 11.5. The first-order valence-electron chi connectivity index (χ1n) is 10.1. The molecule has 2 aromatic carbocycles. The molecule has 0 fully saturated rings. The minimum absolute atomic E-state index is 0.0347. The molecule has 0 bridgehead atoms. The lowest BCUT2D eigenvalue weighted by atomic mass is 10.1. The van der Waals surface area contributed by atoms with Crippen LogP contribution in [0.2, 0.25) is 0 Å². The van der Waals surface area contributed by atoms with Crippen LogP contribution in [0, 0.1) is 13.8 Å². The summed E-state index contributed by atoms with van der Waals surface area (Å²) in [6, 6.07) is 16.2. The molecule has 154 valence electrons. The van der Waals surface area contributed by atoms with E-state index in [2.05, 4.69) is 42.5 Å². The van der Waals surface area contributed by atoms with E-state index in [1.165, 1.54) is 11.1 Å². The van der Waals surface area contributed by atoms with Crippen molar-refractivity contribution in [1.29, 1.82) is 0 Å². The van der Waals surface area contributed by atoms with Gasteiger partial charge in [0.2, 0.25) is 5.95 Å². The second-order valence-electron chi connectivity index (χ2n) is 7.31. The maximum absolute atomic E-state index is 9.47. The molecule has 0 saturated heterocycles. The fraction of sp³-hybridized carbons (Fsp3) is 0.261. The van der Waals surface area contributed by atoms with Crippen molar-refractivity contribution in [2.45, 2.75) is 20.8 Å². The molecule has 0 radical (unpaired) electrons. The zero-order chi connectivity index (χ0) is 21.1. The number of likely N-dealkylation sites (N-methyl/N-ethyl adjacent to an activating group) is 1. The molecule has 30 heavy (non-hydrogen) atoms. The largest absolute Gasteiger partial charge is 0.395 e. The maximum Gasteiger partial charge on any atom is 0.229 e. The van der Waals surface area contributed by atoms with Crippen molar-refractivity contribution in [3.05, 3.63) is 65.9 Å². The Morgan fingerprint density at radius 3 is 2.43 bits per heavy atom. The van der Waals surface area contributed by atoms with Crippen LogP contribution >= 0.6 is 0 Å². The van der Waals surface area contributed by atoms with E-state index in [-0.39, 0.29) is 6.61 Å². The van der Waals surface area contributed by atoms with Crippen molar-refractivity contribution in [2.24, 2.45) is 0 Å². The van der Waals surface area contributed by atoms with Gasteiger partial charge in [-0.1, -0.05) is 24.3 Å². The SMILES string of the molecule is CCN(CCO)c1nc(Nc2cc(C)cc(C)c2)c2cnn(-c3ccccc3)c2n1. The Labute approximate surface area is 176 Å². The molecular formula is C23H26N6O. The maximum atomic E-state index is 9.47. The topological polar surface area (TPSA) is 79.1 Å². The third-order valence-corrected chi connectivity index (χ3v) is 4.94. The highest BCUT2D eigenvalue weighted by atomic mass is 16.3. The number of nitrogens with one attached hydrogen (secondary N) is 1. The average molecular weight is 403 g/mol. The second-order valence-corrected chi connectivity index (χ2v) is 7.31. The summed E-state index contributed by atoms with van der Waals surface area (Å²) in [5.41, 5.74) is 4.97. The van der Waals surface area contributed by atoms with Gasteiger partial charge in [0.15, 0.2) is 5.65 Å². The van der Waals surface area contributed by atoms with E-state index in [0.717, 1.165) is 22.4 Å². The quantitative estimate of drug-likeness (QED) is 0.487. The third kappa shape index (κ3) is 3.97. The molecule has 2 aromatic heterocycles. The van der Waals surface area contributed by atoms with Crippen LogP contribution in [-0.2, 0) is 0 Å². The Balaban J connectivity index is 1.88. The summed E-state index contributed by atoms with van der Waals surface area (Å²) in [7, 11) is 0. The number of para-hydroxylation sites is 1. The van der Waals surface area contributed by atoms with Crippen LogP contribution < -0.4 is 10.2 Å². The van der Waals surface area contributed by atoms with Gasteiger partial charge in [-0.3, -0.25) is 0 Å². The number of fused-ring (bicyclic) bond motifs is 1. The minimum atomic E-state index is 0.0347. The van der Waals surface area contributed by atoms with E-state index in [1.807, 2.05) is 46.8 Å². The van der Waals surface area contributed by atoms with Gasteiger partial charge in [-0.25, -0.2) is 4.68 Å². The van der Waals surface area contributed by atoms with Crippen LogP contribution in [0.25, 0.3) is 16.7 Å². The van der Waals surface area contributed by atoms with Gasteiger partial charge in [0, 0.05) is 18.8 Å². The lowest BCUT2D eigenvalue weighted by Gasteiger charge is -2.21. The van der Waals surface area contributed by atoms with Crippen molar-refractivity contribution in [3.8, 4) is 5.69 Å². The Bertz CT molecular complexity index is 1140. The number of benzene rings is 2. The van der Waals surface area contributed by atoms with Crippen LogP contribution in [0.1, 0.15) is 18.1 Å². The number of hydrogen-bond donors (Lipinski definition) is 2. The summed E-state index contributed by atoms with van der Waals surface area (Å²) in [5.74, 6) is 1.25. The lowest BCUT2D eigenvalue weighted by molar-refractivity contribution is 0.302. The van der Waals surface area contributed by atoms with Crippen molar-refractivity contribution in [3.63, 3.8) is 0 Å². The van der Waals surface area contributed by atoms with E-state index in [4.69, 9.17) is 9.97 Å². The fourth-order valence-electron chi connectivity index (χ4n) is 3.60. The average Bonchev–Trinajstić information content (AvgIpc) is 3.16. The summed E-state index contributed by atoms with van der Waals surface area (Å²) in [6.07, 6.45) is 1.79. The molecule has 0 saturated carbocycles. The predicted molar refractivity (Wildman–Crippen MR) is 121 cm³/mol. The van der Waals surface area contributed by atoms with Gasteiger partial charge < -0.3 is 15.3 Å². The fourth-order valence-corrected chi connectivity index (χ4v) is 3.60. The zero-order valence-corrected chi connectivity index (χ0v) is 17.5. The molecule has 2 heterocycles. The van der Waals surface area contributed by atoms with E-state index in [1.54, 1.807) is 6.20 Å². The summed E-state index contributed by atoms with van der Waals surface area (Å²) in [5, 5.41) is 18.3. The first-order valence-corrected chi connectivity index (χ1v) is 10.1. The number of nitrogens with zero attached hydrogens (tertiary/aromatic N) is 5. The number of anilines is 3. The Morgan fingerprint density at radius 1 is 1.03 bits per heavy atom. The molecule has 7 heteroatoms. The van der Waals surface area contributed by atoms with Gasteiger partial charge in [-0.2, -0.15) is 15.1 Å². The minimum Gasteiger partial charge on any atom is -0.395 e. The van der Waals surface area contributed by atoms with Crippen molar-refractivity contribution < 1.29 is 5.11 Å². The molecule has 4 aromatic rings. The highest BCUT2D eigenvalue weighted by molar-refractivity contribution is 5.90. The smallest absolute Gasteiger partial charge is 0.229 e. The summed E-state index contributed by atoms with van der Waals surface area (Å²) < 4.78 is 1.82. The van der Waals surface area contributed by atoms with Gasteiger partial charge >= 0.3 is 0 Å². The van der Waals surface area contributed by atoms with Gasteiger partial charge in [0.05, 0.1) is 23.9 Å². The Kier molecular flexibility index (Phi) is 5.63. The first kappa shape index (κ1) is 19.8. The standard InChI is InChI=1S/C23H26N6O/c1-4-28(10-11-30)23-26-21(25-18-13-16(2)12-17(3)14-18)20-15-24-29(22(20)27-23)19-8-6-5-7-9-19/h5-9,12-15,30H,4,10-11H2,1-3H3,(H,25,26,27). The van der Waals surface area contributed by atoms with Crippen molar-refractivity contribution in [1.82, 2.24) is 19.7 Å². The van der Waals surface area contributed by atoms with Crippen molar-refractivity contribution in [2.75, 3.05) is 29.9 Å². The van der Waals surface area contributed by atoms with Crippen molar-refractivity contribution >= 4 is 28.5 Å². The molecule has 0 aliphatic carbocycles. The Morgan fingerprint density at radius 2 is 1.77 bits per heavy atom. The highest BCUT2D eigenvalue weighted by Gasteiger charge is 2.17. The van der Waals surface area contributed by atoms with E-state index in [0.29, 0.717) is 24.9 Å². The van der Waals surface area contributed by atoms with E-state index in [9.17, 15) is 5.11 Å². The second kappa shape index (κ2) is 8.51. The van der Waals surface area contributed by atoms with Gasteiger partial charge in [0.1, 0.15) is 5.82 Å². The number of aliphatic hydroxyl groups excluding tert-OH is 1. The van der Waals surface area contributed by atoms with Crippen LogP contribution in [0.5, 0.6) is 0 Å². The molecule has 0 spiro atoms. The highest BCUT2D eigenvalue weighted by Crippen LogP contribution is 2.28. The number of aliphatic hydroxyl groups is 1. The van der Waals surface area contributed by atoms with Gasteiger partial charge in [-0.15, -0.1) is 0 Å². The first-order chi connectivity index (χ1) is 14.6. The molecule has 2 N–H and O–H groups in total. The zero-order valence-electron chi connectivity index (χ0n) is 17.5. The van der Waals surface area contributed by atoms with Crippen LogP contribution in [-0.4, -0.2) is 44.6 Å². The molecule has 4 rings (SSSR count). The number of hydrogen-bond acceptors (Lipinski definition) is 6. The molecule has 0 amide bonds. The molecule has 0 unspecified atom stereocenters. The third-order valence-electron chi connectivity index (χ3n) is 4.94. The van der Waals surface area contributed by atoms with E-state index < -0.39 is 0 Å². The van der Waals surface area contributed by atoms with E-state index >= 15 is 0 Å². The summed E-state index contributed by atoms with van der Waals surface area (Å²) >= 11 is 0. The lowest BCUT2D eigenvalue weighted by Crippen LogP contribution is -2.28.